The van der Waals surface area contributed by atoms with Crippen LogP contribution in [0.15, 0.2) is 29.3 Å². The monoisotopic (exact) mass is 151 g/mol. The summed E-state index contributed by atoms with van der Waals surface area (Å²) in [4.78, 5) is 4.17. The molecule has 62 valence electrons. The lowest BCUT2D eigenvalue weighted by Gasteiger charge is -1.95. The van der Waals surface area contributed by atoms with Crippen LogP contribution in [0.1, 0.15) is 26.7 Å². The zero-order valence-corrected chi connectivity index (χ0v) is 7.51. The first-order valence-electron chi connectivity index (χ1n) is 4.11. The van der Waals surface area contributed by atoms with Crippen LogP contribution in [-0.2, 0) is 0 Å². The minimum atomic E-state index is 0.723. The van der Waals surface area contributed by atoms with Crippen LogP contribution >= 0.6 is 0 Å². The second-order valence-electron chi connectivity index (χ2n) is 2.40. The van der Waals surface area contributed by atoms with Crippen molar-refractivity contribution in [2.75, 3.05) is 6.54 Å². The molecule has 0 amide bonds. The molecule has 0 aliphatic heterocycles. The van der Waals surface area contributed by atoms with Crippen molar-refractivity contribution < 1.29 is 0 Å². The first-order chi connectivity index (χ1) is 5.35. The number of hydrogen-bond acceptors (Lipinski definition) is 1. The minimum Gasteiger partial charge on any atom is -0.289 e. The van der Waals surface area contributed by atoms with Gasteiger partial charge >= 0.3 is 0 Å². The first-order valence-corrected chi connectivity index (χ1v) is 4.11. The Kier molecular flexibility index (Phi) is 6.70. The first kappa shape index (κ1) is 10.2. The third-order valence-electron chi connectivity index (χ3n) is 1.40. The standard InChI is InChI=1S/C10H17N/c1-4-7-10(6-3)9-11-8-5-2/h5-6,9H,2,4,7-8H2,1,3H3/b10-6-,11-9?. The zero-order valence-electron chi connectivity index (χ0n) is 7.51. The van der Waals surface area contributed by atoms with E-state index >= 15 is 0 Å². The van der Waals surface area contributed by atoms with Crippen molar-refractivity contribution in [1.29, 1.82) is 0 Å². The van der Waals surface area contributed by atoms with Gasteiger partial charge in [-0.1, -0.05) is 25.5 Å². The van der Waals surface area contributed by atoms with E-state index < -0.39 is 0 Å². The Hall–Kier alpha value is -0.850. The Morgan fingerprint density at radius 3 is 2.73 bits per heavy atom. The summed E-state index contributed by atoms with van der Waals surface area (Å²) in [5, 5.41) is 0. The molecule has 0 aromatic heterocycles. The van der Waals surface area contributed by atoms with Crippen LogP contribution in [0.2, 0.25) is 0 Å². The summed E-state index contributed by atoms with van der Waals surface area (Å²) in [5.74, 6) is 0. The third-order valence-corrected chi connectivity index (χ3v) is 1.40. The van der Waals surface area contributed by atoms with E-state index in [0.717, 1.165) is 13.0 Å². The van der Waals surface area contributed by atoms with E-state index in [1.165, 1.54) is 12.0 Å². The minimum absolute atomic E-state index is 0.723. The van der Waals surface area contributed by atoms with Crippen LogP contribution in [0.25, 0.3) is 0 Å². The molecule has 0 fully saturated rings. The van der Waals surface area contributed by atoms with Gasteiger partial charge in [-0.15, -0.1) is 6.58 Å². The van der Waals surface area contributed by atoms with E-state index in [4.69, 9.17) is 0 Å². The molecule has 11 heavy (non-hydrogen) atoms. The molecule has 0 heterocycles. The summed E-state index contributed by atoms with van der Waals surface area (Å²) in [7, 11) is 0. The Bertz CT molecular complexity index is 154. The normalized spacial score (nSPS) is 12.4. The van der Waals surface area contributed by atoms with Gasteiger partial charge < -0.3 is 0 Å². The van der Waals surface area contributed by atoms with Crippen LogP contribution in [0.4, 0.5) is 0 Å². The molecule has 0 radical (unpaired) electrons. The lowest BCUT2D eigenvalue weighted by molar-refractivity contribution is 0.936. The van der Waals surface area contributed by atoms with Gasteiger partial charge in [0, 0.05) is 6.21 Å². The smallest absolute Gasteiger partial charge is 0.0567 e. The number of aliphatic imine (C=N–C) groups is 1. The molecule has 0 aromatic rings. The maximum atomic E-state index is 4.17. The van der Waals surface area contributed by atoms with Crippen molar-refractivity contribution in [2.24, 2.45) is 4.99 Å². The van der Waals surface area contributed by atoms with E-state index in [1.54, 1.807) is 6.08 Å². The molecule has 0 spiro atoms. The third kappa shape index (κ3) is 5.59. The quantitative estimate of drug-likeness (QED) is 0.423. The van der Waals surface area contributed by atoms with Gasteiger partial charge in [0.15, 0.2) is 0 Å². The summed E-state index contributed by atoms with van der Waals surface area (Å²) in [6.45, 7) is 8.54. The van der Waals surface area contributed by atoms with Crippen LogP contribution in [-0.4, -0.2) is 12.8 Å². The molecule has 0 rings (SSSR count). The second-order valence-corrected chi connectivity index (χ2v) is 2.40. The Morgan fingerprint density at radius 2 is 2.27 bits per heavy atom. The van der Waals surface area contributed by atoms with Gasteiger partial charge in [-0.25, -0.2) is 0 Å². The summed E-state index contributed by atoms with van der Waals surface area (Å²) < 4.78 is 0. The number of allylic oxidation sites excluding steroid dienone is 2. The molecular weight excluding hydrogens is 134 g/mol. The molecule has 0 atom stereocenters. The largest absolute Gasteiger partial charge is 0.289 e. The van der Waals surface area contributed by atoms with Gasteiger partial charge in [-0.05, 0) is 18.9 Å². The Labute approximate surface area is 69.5 Å². The van der Waals surface area contributed by atoms with E-state index in [2.05, 4.69) is 24.6 Å². The maximum Gasteiger partial charge on any atom is 0.0567 e. The molecule has 0 saturated carbocycles. The SMILES string of the molecule is C=CCN=C/C(=C\C)CCC. The van der Waals surface area contributed by atoms with Crippen molar-refractivity contribution in [3.63, 3.8) is 0 Å². The highest BCUT2D eigenvalue weighted by molar-refractivity contribution is 5.78. The predicted molar refractivity (Wildman–Crippen MR) is 52.2 cm³/mol. The lowest BCUT2D eigenvalue weighted by atomic mass is 10.1. The van der Waals surface area contributed by atoms with Gasteiger partial charge in [0.25, 0.3) is 0 Å². The molecular formula is C10H17N. The van der Waals surface area contributed by atoms with Crippen molar-refractivity contribution >= 4 is 6.21 Å². The van der Waals surface area contributed by atoms with E-state index in [0.29, 0.717) is 0 Å². The highest BCUT2D eigenvalue weighted by Gasteiger charge is 1.87. The van der Waals surface area contributed by atoms with Gasteiger partial charge in [-0.2, -0.15) is 0 Å². The van der Waals surface area contributed by atoms with Crippen molar-refractivity contribution in [3.8, 4) is 0 Å². The summed E-state index contributed by atoms with van der Waals surface area (Å²) in [6, 6.07) is 0. The topological polar surface area (TPSA) is 12.4 Å². The number of hydrogen-bond donors (Lipinski definition) is 0. The Balaban J connectivity index is 3.77. The average Bonchev–Trinajstić information content (AvgIpc) is 2.03. The molecule has 0 bridgehead atoms. The van der Waals surface area contributed by atoms with Crippen molar-refractivity contribution in [1.82, 2.24) is 0 Å². The van der Waals surface area contributed by atoms with Gasteiger partial charge in [0.05, 0.1) is 6.54 Å². The van der Waals surface area contributed by atoms with Crippen LogP contribution in [0.5, 0.6) is 0 Å². The maximum absolute atomic E-state index is 4.17. The molecule has 0 aliphatic rings. The predicted octanol–water partition coefficient (Wildman–Crippen LogP) is 2.99. The van der Waals surface area contributed by atoms with Crippen LogP contribution in [0, 0.1) is 0 Å². The van der Waals surface area contributed by atoms with Crippen molar-refractivity contribution in [3.05, 3.63) is 24.3 Å². The molecule has 1 nitrogen and oxygen atoms in total. The Morgan fingerprint density at radius 1 is 1.55 bits per heavy atom. The molecule has 0 unspecified atom stereocenters. The van der Waals surface area contributed by atoms with Crippen LogP contribution in [0.3, 0.4) is 0 Å². The summed E-state index contributed by atoms with van der Waals surface area (Å²) in [6.07, 6.45) is 8.15. The molecule has 0 N–H and O–H groups in total. The summed E-state index contributed by atoms with van der Waals surface area (Å²) in [5.41, 5.74) is 1.31. The van der Waals surface area contributed by atoms with E-state index in [1.807, 2.05) is 13.1 Å². The van der Waals surface area contributed by atoms with Gasteiger partial charge in [-0.3, -0.25) is 4.99 Å². The van der Waals surface area contributed by atoms with Gasteiger partial charge in [0.2, 0.25) is 0 Å². The fraction of sp³-hybridized carbons (Fsp3) is 0.500. The molecule has 0 aromatic carbocycles. The molecule has 1 heteroatoms. The second kappa shape index (κ2) is 7.26. The van der Waals surface area contributed by atoms with E-state index in [9.17, 15) is 0 Å². The highest BCUT2D eigenvalue weighted by Crippen LogP contribution is 2.00. The molecule has 0 saturated heterocycles. The van der Waals surface area contributed by atoms with Crippen molar-refractivity contribution in [2.45, 2.75) is 26.7 Å². The van der Waals surface area contributed by atoms with E-state index in [-0.39, 0.29) is 0 Å². The number of rotatable bonds is 5. The zero-order chi connectivity index (χ0) is 8.53. The fourth-order valence-electron chi connectivity index (χ4n) is 0.817. The van der Waals surface area contributed by atoms with Gasteiger partial charge in [0.1, 0.15) is 0 Å². The van der Waals surface area contributed by atoms with Crippen LogP contribution < -0.4 is 0 Å². The highest BCUT2D eigenvalue weighted by atomic mass is 14.7. The lowest BCUT2D eigenvalue weighted by Crippen LogP contribution is -1.84. The number of nitrogens with zero attached hydrogens (tertiary/aromatic N) is 1. The summed E-state index contributed by atoms with van der Waals surface area (Å²) >= 11 is 0. The fourth-order valence-corrected chi connectivity index (χ4v) is 0.817. The average molecular weight is 151 g/mol. The molecule has 0 aliphatic carbocycles.